The highest BCUT2D eigenvalue weighted by molar-refractivity contribution is 6.33. The van der Waals surface area contributed by atoms with Crippen LogP contribution in [0, 0.1) is 20.8 Å². The van der Waals surface area contributed by atoms with Gasteiger partial charge in [-0.25, -0.2) is 19.9 Å². The van der Waals surface area contributed by atoms with E-state index in [1.807, 2.05) is 40.0 Å². The molecule has 1 saturated heterocycles. The number of aryl methyl sites for hydroxylation is 2. The van der Waals surface area contributed by atoms with Crippen LogP contribution >= 0.6 is 11.6 Å². The average molecular weight is 606 g/mol. The number of rotatable bonds is 9. The normalized spacial score (nSPS) is 15.6. The third-order valence-electron chi connectivity index (χ3n) is 7.87. The minimum Gasteiger partial charge on any atom is -0.491 e. The highest BCUT2D eigenvalue weighted by Gasteiger charge is 2.29. The first-order chi connectivity index (χ1) is 20.8. The fraction of sp³-hybridized carbons (Fsp3) is 0.452. The average Bonchev–Trinajstić information content (AvgIpc) is 3.59. The molecule has 2 aliphatic rings. The van der Waals surface area contributed by atoms with Crippen LogP contribution in [0.1, 0.15) is 48.0 Å². The quantitative estimate of drug-likeness (QED) is 0.275. The SMILES string of the molecule is CCC[C@@H](O)COc1ccc(Cl)c(-c2nc(-c3c(C)noc3C)c(C)c(N3Cc4cnc(N5CCOCC5)nc4C3)n2)c1. The molecule has 4 aromatic rings. The lowest BCUT2D eigenvalue weighted by molar-refractivity contribution is 0.0994. The fourth-order valence-corrected chi connectivity index (χ4v) is 5.78. The molecule has 1 fully saturated rings. The van der Waals surface area contributed by atoms with Gasteiger partial charge in [0, 0.05) is 42.5 Å². The molecule has 5 heterocycles. The van der Waals surface area contributed by atoms with Gasteiger partial charge in [0.15, 0.2) is 5.82 Å². The van der Waals surface area contributed by atoms with Gasteiger partial charge in [-0.05, 0) is 45.4 Å². The van der Waals surface area contributed by atoms with Crippen molar-refractivity contribution in [3.63, 3.8) is 0 Å². The number of nitrogens with zero attached hydrogens (tertiary/aromatic N) is 7. The number of benzene rings is 1. The Kier molecular flexibility index (Phi) is 8.47. The molecule has 3 aromatic heterocycles. The second-order valence-corrected chi connectivity index (χ2v) is 11.4. The lowest BCUT2D eigenvalue weighted by Crippen LogP contribution is -2.37. The number of anilines is 2. The van der Waals surface area contributed by atoms with Gasteiger partial charge in [-0.1, -0.05) is 30.1 Å². The Balaban J connectivity index is 1.39. The number of fused-ring (bicyclic) bond motifs is 1. The van der Waals surface area contributed by atoms with Crippen molar-refractivity contribution in [1.82, 2.24) is 25.1 Å². The lowest BCUT2D eigenvalue weighted by Gasteiger charge is -2.26. The van der Waals surface area contributed by atoms with E-state index in [0.717, 1.165) is 65.0 Å². The monoisotopic (exact) mass is 605 g/mol. The molecule has 0 amide bonds. The summed E-state index contributed by atoms with van der Waals surface area (Å²) in [5.74, 6) is 3.21. The smallest absolute Gasteiger partial charge is 0.225 e. The van der Waals surface area contributed by atoms with Crippen molar-refractivity contribution in [2.45, 2.75) is 59.7 Å². The highest BCUT2D eigenvalue weighted by Crippen LogP contribution is 2.39. The Morgan fingerprint density at radius 3 is 2.63 bits per heavy atom. The molecule has 12 heteroatoms. The summed E-state index contributed by atoms with van der Waals surface area (Å²) < 4.78 is 16.9. The van der Waals surface area contributed by atoms with E-state index in [-0.39, 0.29) is 6.61 Å². The first-order valence-electron chi connectivity index (χ1n) is 14.7. The van der Waals surface area contributed by atoms with Gasteiger partial charge in [0.25, 0.3) is 0 Å². The molecule has 2 aliphatic heterocycles. The summed E-state index contributed by atoms with van der Waals surface area (Å²) >= 11 is 6.74. The number of morpholine rings is 1. The molecule has 43 heavy (non-hydrogen) atoms. The van der Waals surface area contributed by atoms with Gasteiger partial charge in [-0.3, -0.25) is 0 Å². The molecule has 1 atom stereocenters. The van der Waals surface area contributed by atoms with E-state index in [9.17, 15) is 5.11 Å². The Morgan fingerprint density at radius 1 is 1.07 bits per heavy atom. The Bertz CT molecular complexity index is 1600. The van der Waals surface area contributed by atoms with Crippen LogP contribution in [0.4, 0.5) is 11.8 Å². The van der Waals surface area contributed by atoms with Crippen LogP contribution in [0.5, 0.6) is 5.75 Å². The second-order valence-electron chi connectivity index (χ2n) is 11.0. The molecule has 1 aromatic carbocycles. The van der Waals surface area contributed by atoms with Gasteiger partial charge < -0.3 is 28.9 Å². The van der Waals surface area contributed by atoms with E-state index >= 15 is 0 Å². The third kappa shape index (κ3) is 6.02. The van der Waals surface area contributed by atoms with Crippen LogP contribution in [0.3, 0.4) is 0 Å². The van der Waals surface area contributed by atoms with Gasteiger partial charge in [-0.15, -0.1) is 0 Å². The van der Waals surface area contributed by atoms with Crippen LogP contribution in [0.2, 0.25) is 5.02 Å². The van der Waals surface area contributed by atoms with Crippen molar-refractivity contribution < 1.29 is 19.1 Å². The lowest BCUT2D eigenvalue weighted by atomic mass is 10.0. The summed E-state index contributed by atoms with van der Waals surface area (Å²) in [5.41, 5.74) is 5.88. The molecule has 0 aliphatic carbocycles. The number of hydrogen-bond acceptors (Lipinski definition) is 11. The van der Waals surface area contributed by atoms with Gasteiger partial charge in [-0.2, -0.15) is 0 Å². The molecule has 1 N–H and O–H groups in total. The van der Waals surface area contributed by atoms with E-state index < -0.39 is 6.10 Å². The molecule has 6 rings (SSSR count). The molecule has 0 unspecified atom stereocenters. The van der Waals surface area contributed by atoms with Crippen LogP contribution < -0.4 is 14.5 Å². The molecule has 0 saturated carbocycles. The minimum absolute atomic E-state index is 0.193. The molecule has 0 bridgehead atoms. The van der Waals surface area contributed by atoms with Gasteiger partial charge >= 0.3 is 0 Å². The first-order valence-corrected chi connectivity index (χ1v) is 15.0. The molecule has 226 valence electrons. The fourth-order valence-electron chi connectivity index (χ4n) is 5.58. The standard InChI is InChI=1S/C31H36ClN7O4/c1-5-6-22(40)17-42-23-7-8-25(32)24(13-23)29-35-28(27-19(3)37-43-20(27)4)18(2)30(36-29)39-15-21-14-33-31(34-26(21)16-39)38-9-11-41-12-10-38/h7-8,13-14,22,40H,5-6,9-12,15-17H2,1-4H3/t22-/m1/s1. The zero-order valence-corrected chi connectivity index (χ0v) is 25.7. The Labute approximate surface area is 255 Å². The van der Waals surface area contributed by atoms with E-state index in [0.29, 0.717) is 60.6 Å². The van der Waals surface area contributed by atoms with Crippen molar-refractivity contribution in [2.75, 3.05) is 42.7 Å². The third-order valence-corrected chi connectivity index (χ3v) is 8.20. The van der Waals surface area contributed by atoms with Gasteiger partial charge in [0.1, 0.15) is 23.9 Å². The first kappa shape index (κ1) is 29.3. The van der Waals surface area contributed by atoms with Crippen molar-refractivity contribution in [3.8, 4) is 28.4 Å². The zero-order valence-electron chi connectivity index (χ0n) is 24.9. The summed E-state index contributed by atoms with van der Waals surface area (Å²) in [6.07, 6.45) is 2.93. The van der Waals surface area contributed by atoms with Gasteiger partial charge in [0.05, 0.1) is 53.5 Å². The maximum Gasteiger partial charge on any atom is 0.225 e. The number of aliphatic hydroxyl groups excluding tert-OH is 1. The van der Waals surface area contributed by atoms with Crippen molar-refractivity contribution in [2.24, 2.45) is 0 Å². The summed E-state index contributed by atoms with van der Waals surface area (Å²) in [6.45, 7) is 12.1. The number of aromatic nitrogens is 5. The molecular formula is C31H36ClN7O4. The van der Waals surface area contributed by atoms with E-state index in [2.05, 4.69) is 19.9 Å². The summed E-state index contributed by atoms with van der Waals surface area (Å²) in [6, 6.07) is 5.38. The zero-order chi connectivity index (χ0) is 30.1. The topological polar surface area (TPSA) is 123 Å². The maximum atomic E-state index is 10.2. The van der Waals surface area contributed by atoms with Crippen LogP contribution in [0.25, 0.3) is 22.6 Å². The number of aliphatic hydroxyl groups is 1. The summed E-state index contributed by atoms with van der Waals surface area (Å²) in [7, 11) is 0. The maximum absolute atomic E-state index is 10.2. The van der Waals surface area contributed by atoms with E-state index in [1.54, 1.807) is 12.1 Å². The highest BCUT2D eigenvalue weighted by atomic mass is 35.5. The van der Waals surface area contributed by atoms with Crippen LogP contribution in [-0.2, 0) is 17.8 Å². The van der Waals surface area contributed by atoms with Crippen molar-refractivity contribution >= 4 is 23.4 Å². The molecule has 0 spiro atoms. The molecule has 0 radical (unpaired) electrons. The van der Waals surface area contributed by atoms with Gasteiger partial charge in [0.2, 0.25) is 5.95 Å². The number of halogens is 1. The predicted octanol–water partition coefficient (Wildman–Crippen LogP) is 5.06. The Morgan fingerprint density at radius 2 is 1.88 bits per heavy atom. The molecular weight excluding hydrogens is 570 g/mol. The van der Waals surface area contributed by atoms with Crippen molar-refractivity contribution in [1.29, 1.82) is 0 Å². The van der Waals surface area contributed by atoms with Crippen molar-refractivity contribution in [3.05, 3.63) is 57.7 Å². The van der Waals surface area contributed by atoms with Crippen LogP contribution in [0.15, 0.2) is 28.9 Å². The Hall–Kier alpha value is -3.80. The molecule has 11 nitrogen and oxygen atoms in total. The van der Waals surface area contributed by atoms with E-state index in [4.69, 9.17) is 40.5 Å². The largest absolute Gasteiger partial charge is 0.491 e. The predicted molar refractivity (Wildman–Crippen MR) is 164 cm³/mol. The minimum atomic E-state index is -0.541. The second kappa shape index (κ2) is 12.4. The van der Waals surface area contributed by atoms with Crippen LogP contribution in [-0.4, -0.2) is 69.2 Å². The number of ether oxygens (including phenoxy) is 2. The van der Waals surface area contributed by atoms with E-state index in [1.165, 1.54) is 0 Å². The summed E-state index contributed by atoms with van der Waals surface area (Å²) in [5, 5.41) is 14.9. The number of hydrogen-bond donors (Lipinski definition) is 1. The summed E-state index contributed by atoms with van der Waals surface area (Å²) in [4.78, 5) is 24.0.